The zero-order chi connectivity index (χ0) is 20.8. The van der Waals surface area contributed by atoms with E-state index < -0.39 is 5.97 Å². The topological polar surface area (TPSA) is 111 Å². The smallest absolute Gasteiger partial charge is 0.338 e. The van der Waals surface area contributed by atoms with Gasteiger partial charge in [0, 0.05) is 11.1 Å². The Bertz CT molecular complexity index is 1040. The second-order valence-corrected chi connectivity index (χ2v) is 6.87. The third kappa shape index (κ3) is 5.29. The molecule has 1 aromatic carbocycles. The molecule has 2 amide bonds. The van der Waals surface area contributed by atoms with Gasteiger partial charge >= 0.3 is 5.97 Å². The Balaban J connectivity index is 1.58. The summed E-state index contributed by atoms with van der Waals surface area (Å²) in [5.74, 6) is -0.544. The lowest BCUT2D eigenvalue weighted by atomic mass is 10.2. The molecule has 2 aromatic heterocycles. The number of benzene rings is 1. The number of nitrogens with one attached hydrogen (secondary N) is 2. The lowest BCUT2D eigenvalue weighted by Gasteiger charge is -2.06. The van der Waals surface area contributed by atoms with Crippen LogP contribution < -0.4 is 10.6 Å². The molecule has 0 aliphatic rings. The van der Waals surface area contributed by atoms with Crippen LogP contribution in [0.5, 0.6) is 0 Å². The molecule has 0 atom stereocenters. The van der Waals surface area contributed by atoms with E-state index in [1.165, 1.54) is 17.6 Å². The maximum atomic E-state index is 12.3. The first-order chi connectivity index (χ1) is 14.0. The fourth-order valence-electron chi connectivity index (χ4n) is 2.54. The van der Waals surface area contributed by atoms with Crippen LogP contribution in [-0.4, -0.2) is 29.4 Å². The van der Waals surface area contributed by atoms with Crippen molar-refractivity contribution in [2.45, 2.75) is 20.3 Å². The number of aromatic nitrogens is 1. The van der Waals surface area contributed by atoms with E-state index in [-0.39, 0.29) is 24.8 Å². The number of rotatable bonds is 7. The SMILES string of the molecule is CCOC(=O)c1cccc(NC(=O)Cc2csc(NC(=O)c3ccoc3C)n2)c1. The summed E-state index contributed by atoms with van der Waals surface area (Å²) in [4.78, 5) is 40.5. The van der Waals surface area contributed by atoms with E-state index in [0.29, 0.717) is 33.4 Å². The molecule has 0 saturated heterocycles. The van der Waals surface area contributed by atoms with Gasteiger partial charge in [-0.1, -0.05) is 6.07 Å². The zero-order valence-electron chi connectivity index (χ0n) is 15.9. The van der Waals surface area contributed by atoms with Gasteiger partial charge in [0.15, 0.2) is 5.13 Å². The van der Waals surface area contributed by atoms with Crippen LogP contribution in [0, 0.1) is 6.92 Å². The number of carbonyl (C=O) groups is 3. The van der Waals surface area contributed by atoms with Gasteiger partial charge in [0.2, 0.25) is 5.91 Å². The highest BCUT2D eigenvalue weighted by Crippen LogP contribution is 2.19. The maximum Gasteiger partial charge on any atom is 0.338 e. The fraction of sp³-hybridized carbons (Fsp3) is 0.200. The summed E-state index contributed by atoms with van der Waals surface area (Å²) in [5, 5.41) is 7.50. The second-order valence-electron chi connectivity index (χ2n) is 6.01. The molecule has 8 nitrogen and oxygen atoms in total. The third-order valence-electron chi connectivity index (χ3n) is 3.87. The number of hydrogen-bond donors (Lipinski definition) is 2. The number of hydrogen-bond acceptors (Lipinski definition) is 7. The van der Waals surface area contributed by atoms with E-state index in [1.807, 2.05) is 0 Å². The summed E-state index contributed by atoms with van der Waals surface area (Å²) < 4.78 is 10.1. The largest absolute Gasteiger partial charge is 0.469 e. The van der Waals surface area contributed by atoms with Crippen LogP contribution in [0.4, 0.5) is 10.8 Å². The van der Waals surface area contributed by atoms with Gasteiger partial charge in [-0.25, -0.2) is 9.78 Å². The van der Waals surface area contributed by atoms with Crippen LogP contribution in [0.2, 0.25) is 0 Å². The molecule has 29 heavy (non-hydrogen) atoms. The molecule has 0 spiro atoms. The van der Waals surface area contributed by atoms with Crippen molar-refractivity contribution in [1.29, 1.82) is 0 Å². The first kappa shape index (κ1) is 20.3. The third-order valence-corrected chi connectivity index (χ3v) is 4.68. The Morgan fingerprint density at radius 1 is 1.21 bits per heavy atom. The van der Waals surface area contributed by atoms with Gasteiger partial charge in [0.25, 0.3) is 5.91 Å². The molecule has 0 bridgehead atoms. The van der Waals surface area contributed by atoms with E-state index >= 15 is 0 Å². The number of furan rings is 1. The van der Waals surface area contributed by atoms with Gasteiger partial charge in [0.05, 0.1) is 36.1 Å². The minimum atomic E-state index is -0.448. The van der Waals surface area contributed by atoms with E-state index in [4.69, 9.17) is 9.15 Å². The summed E-state index contributed by atoms with van der Waals surface area (Å²) in [6.07, 6.45) is 1.47. The summed E-state index contributed by atoms with van der Waals surface area (Å²) in [6.45, 7) is 3.70. The van der Waals surface area contributed by atoms with E-state index in [2.05, 4.69) is 15.6 Å². The Kier molecular flexibility index (Phi) is 6.40. The Labute approximate surface area is 170 Å². The van der Waals surface area contributed by atoms with E-state index in [0.717, 1.165) is 0 Å². The van der Waals surface area contributed by atoms with Crippen LogP contribution >= 0.6 is 11.3 Å². The van der Waals surface area contributed by atoms with E-state index in [1.54, 1.807) is 49.6 Å². The first-order valence-electron chi connectivity index (χ1n) is 8.83. The molecule has 2 N–H and O–H groups in total. The van der Waals surface area contributed by atoms with Crippen molar-refractivity contribution >= 4 is 39.9 Å². The number of carbonyl (C=O) groups excluding carboxylic acids is 3. The molecule has 0 saturated carbocycles. The molecule has 0 aliphatic carbocycles. The van der Waals surface area contributed by atoms with Crippen molar-refractivity contribution in [1.82, 2.24) is 4.98 Å². The van der Waals surface area contributed by atoms with Crippen LogP contribution in [0.25, 0.3) is 0 Å². The molecule has 150 valence electrons. The number of amides is 2. The highest BCUT2D eigenvalue weighted by atomic mass is 32.1. The Hall–Kier alpha value is -3.46. The Morgan fingerprint density at radius 3 is 2.76 bits per heavy atom. The molecule has 0 unspecified atom stereocenters. The predicted molar refractivity (Wildman–Crippen MR) is 108 cm³/mol. The highest BCUT2D eigenvalue weighted by Gasteiger charge is 2.15. The van der Waals surface area contributed by atoms with Crippen LogP contribution in [-0.2, 0) is 16.0 Å². The zero-order valence-corrected chi connectivity index (χ0v) is 16.7. The summed E-state index contributed by atoms with van der Waals surface area (Å²) in [6, 6.07) is 8.09. The first-order valence-corrected chi connectivity index (χ1v) is 9.71. The van der Waals surface area contributed by atoms with Crippen LogP contribution in [0.1, 0.15) is 39.1 Å². The van der Waals surface area contributed by atoms with Crippen molar-refractivity contribution in [3.8, 4) is 0 Å². The maximum absolute atomic E-state index is 12.3. The van der Waals surface area contributed by atoms with Gasteiger partial charge in [-0.2, -0.15) is 0 Å². The quantitative estimate of drug-likeness (QED) is 0.572. The van der Waals surface area contributed by atoms with Gasteiger partial charge in [0.1, 0.15) is 5.76 Å². The van der Waals surface area contributed by atoms with Crippen LogP contribution in [0.3, 0.4) is 0 Å². The summed E-state index contributed by atoms with van der Waals surface area (Å²) >= 11 is 1.23. The average Bonchev–Trinajstić information content (AvgIpc) is 3.30. The van der Waals surface area contributed by atoms with Gasteiger partial charge in [-0.05, 0) is 38.1 Å². The standard InChI is InChI=1S/C20H19N3O5S/c1-3-27-19(26)13-5-4-6-14(9-13)21-17(24)10-15-11-29-20(22-15)23-18(25)16-7-8-28-12(16)2/h4-9,11H,3,10H2,1-2H3,(H,21,24)(H,22,23,25). The van der Waals surface area contributed by atoms with E-state index in [9.17, 15) is 14.4 Å². The molecular formula is C20H19N3O5S. The Morgan fingerprint density at radius 2 is 2.03 bits per heavy atom. The van der Waals surface area contributed by atoms with Gasteiger partial charge in [-0.3, -0.25) is 14.9 Å². The number of esters is 1. The minimum absolute atomic E-state index is 0.0285. The molecule has 0 fully saturated rings. The number of anilines is 2. The van der Waals surface area contributed by atoms with Gasteiger partial charge in [-0.15, -0.1) is 11.3 Å². The lowest BCUT2D eigenvalue weighted by Crippen LogP contribution is -2.15. The number of nitrogens with zero attached hydrogens (tertiary/aromatic N) is 1. The molecule has 3 aromatic rings. The van der Waals surface area contributed by atoms with Crippen molar-refractivity contribution in [3.63, 3.8) is 0 Å². The fourth-order valence-corrected chi connectivity index (χ4v) is 3.24. The molecule has 0 aliphatic heterocycles. The monoisotopic (exact) mass is 413 g/mol. The molecule has 3 rings (SSSR count). The number of thiazole rings is 1. The lowest BCUT2D eigenvalue weighted by molar-refractivity contribution is -0.115. The van der Waals surface area contributed by atoms with Crippen molar-refractivity contribution < 1.29 is 23.5 Å². The molecule has 2 heterocycles. The van der Waals surface area contributed by atoms with Crippen molar-refractivity contribution in [2.75, 3.05) is 17.2 Å². The molecule has 0 radical (unpaired) electrons. The van der Waals surface area contributed by atoms with Gasteiger partial charge < -0.3 is 14.5 Å². The highest BCUT2D eigenvalue weighted by molar-refractivity contribution is 7.14. The average molecular weight is 413 g/mol. The number of ether oxygens (including phenoxy) is 1. The normalized spacial score (nSPS) is 10.4. The summed E-state index contributed by atoms with van der Waals surface area (Å²) in [5.41, 5.74) is 1.80. The minimum Gasteiger partial charge on any atom is -0.469 e. The summed E-state index contributed by atoms with van der Waals surface area (Å²) in [7, 11) is 0. The molecule has 9 heteroatoms. The second kappa shape index (κ2) is 9.16. The van der Waals surface area contributed by atoms with Crippen molar-refractivity contribution in [2.24, 2.45) is 0 Å². The molecular weight excluding hydrogens is 394 g/mol. The van der Waals surface area contributed by atoms with Crippen LogP contribution in [0.15, 0.2) is 46.4 Å². The van der Waals surface area contributed by atoms with Crippen molar-refractivity contribution in [3.05, 3.63) is 64.6 Å². The predicted octanol–water partition coefficient (Wildman–Crippen LogP) is 3.65. The number of aryl methyl sites for hydroxylation is 1.